The number of aryl methyl sites for hydroxylation is 1. The number of nitrogens with zero attached hydrogens (tertiary/aromatic N) is 2. The molecule has 2 rings (SSSR count). The van der Waals surface area contributed by atoms with Crippen molar-refractivity contribution in [3.05, 3.63) is 53.6 Å². The predicted octanol–water partition coefficient (Wildman–Crippen LogP) is 2.51. The molecule has 4 nitrogen and oxygen atoms in total. The van der Waals surface area contributed by atoms with E-state index in [1.165, 1.54) is 6.07 Å². The van der Waals surface area contributed by atoms with Gasteiger partial charge in [0.2, 0.25) is 0 Å². The molecule has 1 heterocycles. The standard InChI is InChI=1S/C16H22FN3O/c1-4-15(13-7-5-6-8-14(13)17)18-11-16(2,21)12-9-19-20(3)10-12/h5-10,15,18,21H,4,11H2,1-3H3/t15-,16-/m1/s1. The lowest BCUT2D eigenvalue weighted by molar-refractivity contribution is 0.0534. The third kappa shape index (κ3) is 3.68. The van der Waals surface area contributed by atoms with E-state index in [2.05, 4.69) is 10.4 Å². The fraction of sp³-hybridized carbons (Fsp3) is 0.438. The summed E-state index contributed by atoms with van der Waals surface area (Å²) in [6.07, 6.45) is 4.17. The molecule has 2 atom stereocenters. The minimum Gasteiger partial charge on any atom is -0.384 e. The molecule has 0 aliphatic carbocycles. The Labute approximate surface area is 124 Å². The van der Waals surface area contributed by atoms with Crippen LogP contribution in [0.2, 0.25) is 0 Å². The lowest BCUT2D eigenvalue weighted by Crippen LogP contribution is -2.37. The summed E-state index contributed by atoms with van der Waals surface area (Å²) in [6, 6.07) is 6.60. The second-order valence-electron chi connectivity index (χ2n) is 5.54. The Balaban J connectivity index is 2.08. The topological polar surface area (TPSA) is 50.1 Å². The molecular weight excluding hydrogens is 269 g/mol. The van der Waals surface area contributed by atoms with Crippen LogP contribution in [0, 0.1) is 5.82 Å². The van der Waals surface area contributed by atoms with Gasteiger partial charge in [0.1, 0.15) is 11.4 Å². The fourth-order valence-corrected chi connectivity index (χ4v) is 2.36. The van der Waals surface area contributed by atoms with E-state index in [9.17, 15) is 9.50 Å². The van der Waals surface area contributed by atoms with E-state index in [-0.39, 0.29) is 11.9 Å². The highest BCUT2D eigenvalue weighted by Crippen LogP contribution is 2.23. The molecule has 0 amide bonds. The molecule has 2 aromatic rings. The monoisotopic (exact) mass is 291 g/mol. The number of aliphatic hydroxyl groups is 1. The smallest absolute Gasteiger partial charge is 0.127 e. The predicted molar refractivity (Wildman–Crippen MR) is 80.2 cm³/mol. The molecule has 0 fully saturated rings. The van der Waals surface area contributed by atoms with Gasteiger partial charge in [-0.1, -0.05) is 25.1 Å². The van der Waals surface area contributed by atoms with Crippen molar-refractivity contribution >= 4 is 0 Å². The van der Waals surface area contributed by atoms with E-state index in [0.29, 0.717) is 12.1 Å². The van der Waals surface area contributed by atoms with Crippen molar-refractivity contribution in [3.8, 4) is 0 Å². The summed E-state index contributed by atoms with van der Waals surface area (Å²) in [5.41, 5.74) is 0.315. The first-order valence-electron chi connectivity index (χ1n) is 7.13. The molecule has 0 bridgehead atoms. The summed E-state index contributed by atoms with van der Waals surface area (Å²) in [6.45, 7) is 4.04. The molecular formula is C16H22FN3O. The van der Waals surface area contributed by atoms with Gasteiger partial charge in [-0.25, -0.2) is 4.39 Å². The summed E-state index contributed by atoms with van der Waals surface area (Å²) in [5.74, 6) is -0.224. The van der Waals surface area contributed by atoms with Gasteiger partial charge >= 0.3 is 0 Å². The molecule has 0 saturated heterocycles. The van der Waals surface area contributed by atoms with Crippen molar-refractivity contribution in [3.63, 3.8) is 0 Å². The lowest BCUT2D eigenvalue weighted by Gasteiger charge is -2.26. The maximum Gasteiger partial charge on any atom is 0.127 e. The van der Waals surface area contributed by atoms with Crippen LogP contribution in [0.5, 0.6) is 0 Å². The van der Waals surface area contributed by atoms with Gasteiger partial charge in [-0.05, 0) is 19.4 Å². The molecule has 5 heteroatoms. The Hall–Kier alpha value is -1.72. The van der Waals surface area contributed by atoms with Crippen LogP contribution in [0.25, 0.3) is 0 Å². The van der Waals surface area contributed by atoms with Gasteiger partial charge in [0.25, 0.3) is 0 Å². The Bertz CT molecular complexity index is 595. The first kappa shape index (κ1) is 15.7. The van der Waals surface area contributed by atoms with E-state index in [1.807, 2.05) is 13.0 Å². The molecule has 0 spiro atoms. The van der Waals surface area contributed by atoms with Crippen LogP contribution in [-0.4, -0.2) is 21.4 Å². The average molecular weight is 291 g/mol. The average Bonchev–Trinajstić information content (AvgIpc) is 2.89. The number of halogens is 1. The van der Waals surface area contributed by atoms with Crippen molar-refractivity contribution in [2.75, 3.05) is 6.54 Å². The highest BCUT2D eigenvalue weighted by atomic mass is 19.1. The van der Waals surface area contributed by atoms with Gasteiger partial charge in [-0.15, -0.1) is 0 Å². The maximum absolute atomic E-state index is 13.9. The summed E-state index contributed by atoms with van der Waals surface area (Å²) >= 11 is 0. The van der Waals surface area contributed by atoms with E-state index in [0.717, 1.165) is 12.0 Å². The number of rotatable bonds is 6. The molecule has 1 aromatic carbocycles. The molecule has 1 aromatic heterocycles. The van der Waals surface area contributed by atoms with Crippen LogP contribution in [0.1, 0.15) is 37.4 Å². The SMILES string of the molecule is CC[C@@H](NC[C@@](C)(O)c1cnn(C)c1)c1ccccc1F. The number of benzene rings is 1. The first-order valence-corrected chi connectivity index (χ1v) is 7.13. The van der Waals surface area contributed by atoms with Gasteiger partial charge in [0.15, 0.2) is 0 Å². The van der Waals surface area contributed by atoms with Gasteiger partial charge in [-0.3, -0.25) is 4.68 Å². The Kier molecular flexibility index (Phi) is 4.75. The number of hydrogen-bond acceptors (Lipinski definition) is 3. The van der Waals surface area contributed by atoms with Gasteiger partial charge < -0.3 is 10.4 Å². The minimum atomic E-state index is -1.05. The molecule has 2 N–H and O–H groups in total. The van der Waals surface area contributed by atoms with Gasteiger partial charge in [0, 0.05) is 37.0 Å². The number of aromatic nitrogens is 2. The zero-order valence-electron chi connectivity index (χ0n) is 12.7. The maximum atomic E-state index is 13.9. The van der Waals surface area contributed by atoms with Gasteiger partial charge in [0.05, 0.1) is 6.20 Å². The van der Waals surface area contributed by atoms with Crippen LogP contribution in [-0.2, 0) is 12.6 Å². The van der Waals surface area contributed by atoms with Crippen LogP contribution < -0.4 is 5.32 Å². The van der Waals surface area contributed by atoms with Crippen LogP contribution >= 0.6 is 0 Å². The third-order valence-corrected chi connectivity index (χ3v) is 3.71. The zero-order chi connectivity index (χ0) is 15.5. The molecule has 0 unspecified atom stereocenters. The lowest BCUT2D eigenvalue weighted by atomic mass is 9.97. The number of nitrogens with one attached hydrogen (secondary N) is 1. The summed E-state index contributed by atoms with van der Waals surface area (Å²) in [7, 11) is 1.81. The zero-order valence-corrected chi connectivity index (χ0v) is 12.7. The Morgan fingerprint density at radius 3 is 2.71 bits per heavy atom. The van der Waals surface area contributed by atoms with Crippen molar-refractivity contribution < 1.29 is 9.50 Å². The first-order chi connectivity index (χ1) is 9.94. The Morgan fingerprint density at radius 2 is 2.14 bits per heavy atom. The highest BCUT2D eigenvalue weighted by molar-refractivity contribution is 5.21. The van der Waals surface area contributed by atoms with Crippen molar-refractivity contribution in [2.24, 2.45) is 7.05 Å². The van der Waals surface area contributed by atoms with Crippen molar-refractivity contribution in [1.29, 1.82) is 0 Å². The number of hydrogen-bond donors (Lipinski definition) is 2. The minimum absolute atomic E-state index is 0.130. The molecule has 0 saturated carbocycles. The molecule has 114 valence electrons. The van der Waals surface area contributed by atoms with Crippen LogP contribution in [0.3, 0.4) is 0 Å². The van der Waals surface area contributed by atoms with E-state index in [1.54, 1.807) is 43.2 Å². The molecule has 0 aliphatic heterocycles. The van der Waals surface area contributed by atoms with E-state index in [4.69, 9.17) is 0 Å². The van der Waals surface area contributed by atoms with E-state index < -0.39 is 5.60 Å². The Morgan fingerprint density at radius 1 is 1.43 bits per heavy atom. The third-order valence-electron chi connectivity index (χ3n) is 3.71. The van der Waals surface area contributed by atoms with Gasteiger partial charge in [-0.2, -0.15) is 5.10 Å². The molecule has 21 heavy (non-hydrogen) atoms. The van der Waals surface area contributed by atoms with Crippen molar-refractivity contribution in [1.82, 2.24) is 15.1 Å². The van der Waals surface area contributed by atoms with Crippen molar-refractivity contribution in [2.45, 2.75) is 31.9 Å². The summed E-state index contributed by atoms with van der Waals surface area (Å²) in [5, 5.41) is 17.9. The second kappa shape index (κ2) is 6.37. The van der Waals surface area contributed by atoms with Crippen LogP contribution in [0.15, 0.2) is 36.7 Å². The molecule has 0 aliphatic rings. The molecule has 0 radical (unpaired) electrons. The largest absolute Gasteiger partial charge is 0.384 e. The summed E-state index contributed by atoms with van der Waals surface area (Å²) < 4.78 is 15.5. The fourth-order valence-electron chi connectivity index (χ4n) is 2.36. The van der Waals surface area contributed by atoms with Crippen LogP contribution in [0.4, 0.5) is 4.39 Å². The quantitative estimate of drug-likeness (QED) is 0.860. The van der Waals surface area contributed by atoms with E-state index >= 15 is 0 Å². The second-order valence-corrected chi connectivity index (χ2v) is 5.54. The summed E-state index contributed by atoms with van der Waals surface area (Å²) in [4.78, 5) is 0. The normalized spacial score (nSPS) is 15.7. The highest BCUT2D eigenvalue weighted by Gasteiger charge is 2.26.